The molecule has 1 aromatic rings. The molecule has 0 radical (unpaired) electrons. The SMILES string of the molecule is NCCOCCOCCOC(=O)Nc1ccc2c(c1)CN(C1CCC(=O)NC1=O)C2=O. The fourth-order valence-corrected chi connectivity index (χ4v) is 3.40. The Kier molecular flexibility index (Phi) is 7.93. The summed E-state index contributed by atoms with van der Waals surface area (Å²) in [5.41, 5.74) is 6.92. The van der Waals surface area contributed by atoms with Crippen LogP contribution < -0.4 is 16.4 Å². The lowest BCUT2D eigenvalue weighted by atomic mass is 10.0. The van der Waals surface area contributed by atoms with Crippen molar-refractivity contribution in [2.45, 2.75) is 25.4 Å². The third-order valence-electron chi connectivity index (χ3n) is 4.86. The lowest BCUT2D eigenvalue weighted by Crippen LogP contribution is -2.52. The van der Waals surface area contributed by atoms with Crippen LogP contribution in [0.5, 0.6) is 0 Å². The summed E-state index contributed by atoms with van der Waals surface area (Å²) in [5.74, 6) is -1.07. The number of ether oxygens (including phenoxy) is 3. The molecule has 1 unspecified atom stereocenters. The van der Waals surface area contributed by atoms with E-state index in [9.17, 15) is 19.2 Å². The Bertz CT molecular complexity index is 845. The summed E-state index contributed by atoms with van der Waals surface area (Å²) in [6, 6.07) is 4.19. The number of piperidine rings is 1. The molecule has 11 nitrogen and oxygen atoms in total. The van der Waals surface area contributed by atoms with Crippen molar-refractivity contribution in [3.63, 3.8) is 0 Å². The van der Waals surface area contributed by atoms with E-state index in [1.165, 1.54) is 4.90 Å². The largest absolute Gasteiger partial charge is 0.447 e. The van der Waals surface area contributed by atoms with Crippen LogP contribution in [0.1, 0.15) is 28.8 Å². The maximum absolute atomic E-state index is 12.7. The van der Waals surface area contributed by atoms with Crippen LogP contribution in [-0.2, 0) is 30.3 Å². The summed E-state index contributed by atoms with van der Waals surface area (Å²) in [6.45, 7) is 2.27. The molecule has 0 aromatic heterocycles. The Balaban J connectivity index is 1.45. The van der Waals surface area contributed by atoms with Gasteiger partial charge in [-0.3, -0.25) is 25.0 Å². The van der Waals surface area contributed by atoms with Crippen molar-refractivity contribution in [1.82, 2.24) is 10.2 Å². The summed E-state index contributed by atoms with van der Waals surface area (Å²) in [5, 5.41) is 4.87. The number of rotatable bonds is 10. The van der Waals surface area contributed by atoms with Gasteiger partial charge in [-0.15, -0.1) is 0 Å². The number of nitrogens with one attached hydrogen (secondary N) is 2. The predicted octanol–water partition coefficient (Wildman–Crippen LogP) is -0.0120. The van der Waals surface area contributed by atoms with Gasteiger partial charge in [-0.2, -0.15) is 0 Å². The molecule has 2 heterocycles. The molecular weight excluding hydrogens is 408 g/mol. The second kappa shape index (κ2) is 10.8. The molecule has 1 saturated heterocycles. The topological polar surface area (TPSA) is 149 Å². The second-order valence-electron chi connectivity index (χ2n) is 7.05. The summed E-state index contributed by atoms with van der Waals surface area (Å²) in [6.07, 6.45) is -0.155. The molecule has 1 atom stereocenters. The summed E-state index contributed by atoms with van der Waals surface area (Å²) >= 11 is 0. The van der Waals surface area contributed by atoms with Gasteiger partial charge in [0, 0.05) is 30.8 Å². The number of benzene rings is 1. The van der Waals surface area contributed by atoms with Crippen LogP contribution in [0, 0.1) is 0 Å². The maximum Gasteiger partial charge on any atom is 0.411 e. The zero-order chi connectivity index (χ0) is 22.2. The van der Waals surface area contributed by atoms with Gasteiger partial charge in [-0.05, 0) is 30.2 Å². The van der Waals surface area contributed by atoms with Crippen molar-refractivity contribution < 1.29 is 33.4 Å². The highest BCUT2D eigenvalue weighted by Gasteiger charge is 2.39. The predicted molar refractivity (Wildman–Crippen MR) is 108 cm³/mol. The average Bonchev–Trinajstić information content (AvgIpc) is 3.05. The molecule has 4 amide bonds. The van der Waals surface area contributed by atoms with E-state index in [4.69, 9.17) is 19.9 Å². The van der Waals surface area contributed by atoms with Gasteiger partial charge >= 0.3 is 6.09 Å². The molecule has 11 heteroatoms. The lowest BCUT2D eigenvalue weighted by Gasteiger charge is -2.29. The minimum atomic E-state index is -0.681. The summed E-state index contributed by atoms with van der Waals surface area (Å²) in [7, 11) is 0. The Morgan fingerprint density at radius 1 is 1.13 bits per heavy atom. The first-order valence-corrected chi connectivity index (χ1v) is 10.1. The molecule has 0 aliphatic carbocycles. The van der Waals surface area contributed by atoms with Crippen LogP contribution in [0.2, 0.25) is 0 Å². The van der Waals surface area contributed by atoms with Crippen LogP contribution in [-0.4, -0.2) is 74.3 Å². The molecule has 31 heavy (non-hydrogen) atoms. The van der Waals surface area contributed by atoms with Crippen molar-refractivity contribution in [3.05, 3.63) is 29.3 Å². The molecule has 2 aliphatic heterocycles. The van der Waals surface area contributed by atoms with Gasteiger partial charge in [0.05, 0.1) is 26.4 Å². The van der Waals surface area contributed by atoms with E-state index in [0.29, 0.717) is 49.6 Å². The van der Waals surface area contributed by atoms with E-state index in [0.717, 1.165) is 0 Å². The van der Waals surface area contributed by atoms with E-state index in [1.54, 1.807) is 18.2 Å². The molecule has 0 spiro atoms. The first-order chi connectivity index (χ1) is 15.0. The molecule has 4 N–H and O–H groups in total. The molecule has 0 bridgehead atoms. The average molecular weight is 434 g/mol. The number of hydrogen-bond acceptors (Lipinski definition) is 8. The number of amides is 4. The third-order valence-corrected chi connectivity index (χ3v) is 4.86. The van der Waals surface area contributed by atoms with Gasteiger partial charge < -0.3 is 24.8 Å². The van der Waals surface area contributed by atoms with Crippen LogP contribution in [0.25, 0.3) is 0 Å². The number of anilines is 1. The quantitative estimate of drug-likeness (QED) is 0.344. The van der Waals surface area contributed by atoms with Crippen molar-refractivity contribution in [2.75, 3.05) is 44.9 Å². The molecule has 1 aromatic carbocycles. The lowest BCUT2D eigenvalue weighted by molar-refractivity contribution is -0.136. The zero-order valence-corrected chi connectivity index (χ0v) is 17.1. The molecule has 2 aliphatic rings. The van der Waals surface area contributed by atoms with E-state index >= 15 is 0 Å². The normalized spacial score (nSPS) is 18.0. The van der Waals surface area contributed by atoms with Crippen LogP contribution in [0.15, 0.2) is 18.2 Å². The number of imide groups is 1. The first-order valence-electron chi connectivity index (χ1n) is 10.1. The Morgan fingerprint density at radius 2 is 1.87 bits per heavy atom. The highest BCUT2D eigenvalue weighted by molar-refractivity contribution is 6.05. The smallest absolute Gasteiger partial charge is 0.411 e. The maximum atomic E-state index is 12.7. The number of carbonyl (C=O) groups is 4. The number of carbonyl (C=O) groups excluding carboxylic acids is 4. The van der Waals surface area contributed by atoms with Crippen molar-refractivity contribution in [3.8, 4) is 0 Å². The zero-order valence-electron chi connectivity index (χ0n) is 17.1. The van der Waals surface area contributed by atoms with E-state index in [-0.39, 0.29) is 38.0 Å². The molecule has 0 saturated carbocycles. The van der Waals surface area contributed by atoms with Gasteiger partial charge in [-0.1, -0.05) is 0 Å². The fraction of sp³-hybridized carbons (Fsp3) is 0.500. The summed E-state index contributed by atoms with van der Waals surface area (Å²) < 4.78 is 15.5. The molecule has 1 fully saturated rings. The molecular formula is C20H26N4O7. The number of hydrogen-bond donors (Lipinski definition) is 3. The van der Waals surface area contributed by atoms with E-state index in [2.05, 4.69) is 10.6 Å². The number of nitrogens with zero attached hydrogens (tertiary/aromatic N) is 1. The van der Waals surface area contributed by atoms with Crippen LogP contribution in [0.4, 0.5) is 10.5 Å². The van der Waals surface area contributed by atoms with Crippen molar-refractivity contribution in [2.24, 2.45) is 5.73 Å². The van der Waals surface area contributed by atoms with E-state index in [1.807, 2.05) is 0 Å². The Labute approximate surface area is 179 Å². The monoisotopic (exact) mass is 434 g/mol. The number of fused-ring (bicyclic) bond motifs is 1. The van der Waals surface area contributed by atoms with Gasteiger partial charge in [-0.25, -0.2) is 4.79 Å². The standard InChI is InChI=1S/C20H26N4O7/c21-5-6-29-7-8-30-9-10-31-20(28)22-14-1-2-15-13(11-14)12-24(19(15)27)16-3-4-17(25)23-18(16)26/h1-2,11,16H,3-10,12,21H2,(H,22,28)(H,23,25,26). The minimum absolute atomic E-state index is 0.0788. The van der Waals surface area contributed by atoms with Gasteiger partial charge in [0.25, 0.3) is 5.91 Å². The van der Waals surface area contributed by atoms with Gasteiger partial charge in [0.2, 0.25) is 11.8 Å². The second-order valence-corrected chi connectivity index (χ2v) is 7.05. The summed E-state index contributed by atoms with van der Waals surface area (Å²) in [4.78, 5) is 49.5. The Morgan fingerprint density at radius 3 is 2.61 bits per heavy atom. The Hall–Kier alpha value is -3.02. The van der Waals surface area contributed by atoms with Crippen LogP contribution >= 0.6 is 0 Å². The highest BCUT2D eigenvalue weighted by Crippen LogP contribution is 2.29. The first kappa shape index (κ1) is 22.7. The fourth-order valence-electron chi connectivity index (χ4n) is 3.40. The molecule has 168 valence electrons. The highest BCUT2D eigenvalue weighted by atomic mass is 16.6. The van der Waals surface area contributed by atoms with Gasteiger partial charge in [0.15, 0.2) is 0 Å². The minimum Gasteiger partial charge on any atom is -0.447 e. The number of nitrogens with two attached hydrogens (primary N) is 1. The van der Waals surface area contributed by atoms with Crippen molar-refractivity contribution in [1.29, 1.82) is 0 Å². The third kappa shape index (κ3) is 6.00. The molecule has 3 rings (SSSR count). The van der Waals surface area contributed by atoms with Crippen LogP contribution in [0.3, 0.4) is 0 Å². The van der Waals surface area contributed by atoms with Crippen molar-refractivity contribution >= 4 is 29.5 Å². The van der Waals surface area contributed by atoms with E-state index < -0.39 is 18.0 Å². The van der Waals surface area contributed by atoms with Gasteiger partial charge in [0.1, 0.15) is 12.6 Å².